The van der Waals surface area contributed by atoms with Crippen molar-refractivity contribution in [2.24, 2.45) is 0 Å². The largest absolute Gasteiger partial charge is 0.506 e. The molecule has 0 aliphatic heterocycles. The lowest BCUT2D eigenvalue weighted by molar-refractivity contribution is 0.482. The molecule has 2 N–H and O–H groups in total. The molecule has 0 amide bonds. The number of nitrogens with one attached hydrogen (secondary N) is 1. The Bertz CT molecular complexity index is 1270. The fraction of sp³-hybridized carbons (Fsp3) is 0. The molecule has 0 saturated heterocycles. The van der Waals surface area contributed by atoms with Crippen LogP contribution in [0.5, 0.6) is 5.75 Å². The first-order valence-corrected chi connectivity index (χ1v) is 8.45. The van der Waals surface area contributed by atoms with E-state index in [0.717, 1.165) is 11.1 Å². The first-order chi connectivity index (χ1) is 13.1. The van der Waals surface area contributed by atoms with Gasteiger partial charge in [-0.25, -0.2) is 0 Å². The van der Waals surface area contributed by atoms with Crippen molar-refractivity contribution >= 4 is 22.5 Å². The van der Waals surface area contributed by atoms with E-state index >= 15 is 0 Å². The topological polar surface area (TPSA) is 89.8 Å². The van der Waals surface area contributed by atoms with E-state index < -0.39 is 5.56 Å². The van der Waals surface area contributed by atoms with Gasteiger partial charge in [0.05, 0.1) is 21.7 Å². The second kappa shape index (κ2) is 6.60. The van der Waals surface area contributed by atoms with Crippen LogP contribution >= 0.6 is 11.6 Å². The van der Waals surface area contributed by atoms with E-state index in [9.17, 15) is 15.2 Å². The molecule has 0 radical (unpaired) electrons. The van der Waals surface area contributed by atoms with Gasteiger partial charge in [0, 0.05) is 23.3 Å². The Morgan fingerprint density at radius 1 is 1.07 bits per heavy atom. The van der Waals surface area contributed by atoms with Gasteiger partial charge in [0.15, 0.2) is 0 Å². The van der Waals surface area contributed by atoms with Gasteiger partial charge in [0.2, 0.25) is 0 Å². The van der Waals surface area contributed by atoms with Crippen LogP contribution in [0.4, 0.5) is 0 Å². The summed E-state index contributed by atoms with van der Waals surface area (Å²) in [6.45, 7) is 0. The summed E-state index contributed by atoms with van der Waals surface area (Å²) in [5.41, 5.74) is 2.62. The predicted octanol–water partition coefficient (Wildman–Crippen LogP) is 4.49. The molecule has 4 aromatic rings. The van der Waals surface area contributed by atoms with Gasteiger partial charge in [-0.3, -0.25) is 9.78 Å². The molecule has 0 atom stereocenters. The zero-order chi connectivity index (χ0) is 19.0. The smallest absolute Gasteiger partial charge is 0.260 e. The summed E-state index contributed by atoms with van der Waals surface area (Å²) in [5.74, 6) is -0.190. The van der Waals surface area contributed by atoms with Crippen LogP contribution in [0, 0.1) is 11.3 Å². The summed E-state index contributed by atoms with van der Waals surface area (Å²) in [6.07, 6.45) is 3.41. The monoisotopic (exact) mass is 373 g/mol. The van der Waals surface area contributed by atoms with E-state index in [2.05, 4.69) is 9.97 Å². The van der Waals surface area contributed by atoms with E-state index in [4.69, 9.17) is 11.6 Å². The minimum atomic E-state index is -0.441. The van der Waals surface area contributed by atoms with E-state index in [1.54, 1.807) is 18.5 Å². The maximum atomic E-state index is 12.6. The lowest BCUT2D eigenvalue weighted by Gasteiger charge is -2.10. The Morgan fingerprint density at radius 2 is 1.85 bits per heavy atom. The number of aromatic nitrogens is 2. The van der Waals surface area contributed by atoms with Crippen molar-refractivity contribution in [2.45, 2.75) is 0 Å². The fourth-order valence-electron chi connectivity index (χ4n) is 3.04. The first-order valence-electron chi connectivity index (χ1n) is 8.08. The highest BCUT2D eigenvalue weighted by atomic mass is 35.5. The van der Waals surface area contributed by atoms with Gasteiger partial charge < -0.3 is 10.1 Å². The molecule has 2 heterocycles. The molecule has 4 rings (SSSR count). The molecule has 0 fully saturated rings. The molecule has 27 heavy (non-hydrogen) atoms. The quantitative estimate of drug-likeness (QED) is 0.541. The van der Waals surface area contributed by atoms with Crippen LogP contribution in [0.2, 0.25) is 5.02 Å². The minimum absolute atomic E-state index is 0.138. The van der Waals surface area contributed by atoms with Gasteiger partial charge >= 0.3 is 0 Å². The normalized spacial score (nSPS) is 10.7. The molecular formula is C21H12ClN3O2. The third-order valence-electron chi connectivity index (χ3n) is 4.34. The fourth-order valence-corrected chi connectivity index (χ4v) is 3.25. The summed E-state index contributed by atoms with van der Waals surface area (Å²) in [4.78, 5) is 19.5. The van der Waals surface area contributed by atoms with Gasteiger partial charge in [-0.1, -0.05) is 35.9 Å². The number of hydrogen-bond acceptors (Lipinski definition) is 4. The number of nitriles is 1. The van der Waals surface area contributed by atoms with Gasteiger partial charge in [-0.15, -0.1) is 0 Å². The number of aromatic hydroxyl groups is 1. The number of aromatic amines is 1. The molecule has 0 bridgehead atoms. The van der Waals surface area contributed by atoms with Gasteiger partial charge in [-0.05, 0) is 35.4 Å². The Hall–Kier alpha value is -3.62. The molecule has 0 spiro atoms. The second-order valence-electron chi connectivity index (χ2n) is 5.99. The standard InChI is InChI=1S/C21H12ClN3O2/c22-17-9-18-16(8-15(17)10-23)20(26)19(21(27)25-18)13-4-1-3-12(7-13)14-5-2-6-24-11-14/h1-9,11H,(H2,25,26,27). The highest BCUT2D eigenvalue weighted by Crippen LogP contribution is 2.35. The Balaban J connectivity index is 1.96. The number of nitrogens with zero attached hydrogens (tertiary/aromatic N) is 2. The highest BCUT2D eigenvalue weighted by molar-refractivity contribution is 6.32. The molecule has 0 unspecified atom stereocenters. The van der Waals surface area contributed by atoms with Crippen LogP contribution in [0.3, 0.4) is 0 Å². The van der Waals surface area contributed by atoms with Crippen molar-refractivity contribution < 1.29 is 5.11 Å². The van der Waals surface area contributed by atoms with Crippen molar-refractivity contribution in [1.82, 2.24) is 9.97 Å². The van der Waals surface area contributed by atoms with E-state index in [1.807, 2.05) is 36.4 Å². The van der Waals surface area contributed by atoms with E-state index in [1.165, 1.54) is 12.1 Å². The predicted molar refractivity (Wildman–Crippen MR) is 105 cm³/mol. The molecule has 2 aromatic carbocycles. The van der Waals surface area contributed by atoms with Crippen molar-refractivity contribution in [3.63, 3.8) is 0 Å². The molecule has 0 saturated carbocycles. The average Bonchev–Trinajstić information content (AvgIpc) is 2.68. The average molecular weight is 374 g/mol. The van der Waals surface area contributed by atoms with Crippen LogP contribution in [-0.2, 0) is 0 Å². The number of benzene rings is 2. The molecule has 130 valence electrons. The highest BCUT2D eigenvalue weighted by Gasteiger charge is 2.16. The zero-order valence-electron chi connectivity index (χ0n) is 13.9. The van der Waals surface area contributed by atoms with Gasteiger partial charge in [-0.2, -0.15) is 5.26 Å². The maximum Gasteiger partial charge on any atom is 0.260 e. The Labute approximate surface area is 159 Å². The zero-order valence-corrected chi connectivity index (χ0v) is 14.7. The summed E-state index contributed by atoms with van der Waals surface area (Å²) in [5, 5.41) is 20.5. The van der Waals surface area contributed by atoms with Crippen molar-refractivity contribution in [3.8, 4) is 34.1 Å². The molecule has 0 aliphatic carbocycles. The number of halogens is 1. The lowest BCUT2D eigenvalue weighted by Crippen LogP contribution is -2.09. The van der Waals surface area contributed by atoms with Crippen LogP contribution in [-0.4, -0.2) is 15.1 Å². The summed E-state index contributed by atoms with van der Waals surface area (Å²) in [7, 11) is 0. The first kappa shape index (κ1) is 16.8. The van der Waals surface area contributed by atoms with E-state index in [0.29, 0.717) is 16.5 Å². The molecular weight excluding hydrogens is 362 g/mol. The number of H-pyrrole nitrogens is 1. The molecule has 5 nitrogen and oxygen atoms in total. The molecule has 2 aromatic heterocycles. The number of pyridine rings is 2. The van der Waals surface area contributed by atoms with Crippen molar-refractivity contribution in [3.05, 3.63) is 81.9 Å². The number of hydrogen-bond donors (Lipinski definition) is 2. The van der Waals surface area contributed by atoms with Crippen LogP contribution < -0.4 is 5.56 Å². The number of fused-ring (bicyclic) bond motifs is 1. The van der Waals surface area contributed by atoms with Crippen molar-refractivity contribution in [1.29, 1.82) is 5.26 Å². The van der Waals surface area contributed by atoms with Crippen LogP contribution in [0.1, 0.15) is 5.56 Å². The van der Waals surface area contributed by atoms with Crippen LogP contribution in [0.25, 0.3) is 33.2 Å². The molecule has 6 heteroatoms. The summed E-state index contributed by atoms with van der Waals surface area (Å²) >= 11 is 6.02. The van der Waals surface area contributed by atoms with Gasteiger partial charge in [0.1, 0.15) is 11.8 Å². The van der Waals surface area contributed by atoms with Gasteiger partial charge in [0.25, 0.3) is 5.56 Å². The second-order valence-corrected chi connectivity index (χ2v) is 6.40. The van der Waals surface area contributed by atoms with Crippen LogP contribution in [0.15, 0.2) is 65.7 Å². The van der Waals surface area contributed by atoms with Crippen molar-refractivity contribution in [2.75, 3.05) is 0 Å². The number of rotatable bonds is 2. The lowest BCUT2D eigenvalue weighted by atomic mass is 9.98. The Kier molecular flexibility index (Phi) is 4.11. The molecule has 0 aliphatic rings. The maximum absolute atomic E-state index is 12.6. The summed E-state index contributed by atoms with van der Waals surface area (Å²) < 4.78 is 0. The Morgan fingerprint density at radius 3 is 2.59 bits per heavy atom. The SMILES string of the molecule is N#Cc1cc2c(O)c(-c3cccc(-c4cccnc4)c3)c(=O)[nH]c2cc1Cl. The van der Waals surface area contributed by atoms with E-state index in [-0.39, 0.29) is 21.9 Å². The summed E-state index contributed by atoms with van der Waals surface area (Å²) in [6, 6.07) is 15.9. The minimum Gasteiger partial charge on any atom is -0.506 e. The third-order valence-corrected chi connectivity index (χ3v) is 4.65. The third kappa shape index (κ3) is 2.92.